The molecule has 31 heavy (non-hydrogen) atoms. The van der Waals surface area contributed by atoms with E-state index in [2.05, 4.69) is 20.8 Å². The van der Waals surface area contributed by atoms with Gasteiger partial charge in [-0.3, -0.25) is 4.79 Å². The van der Waals surface area contributed by atoms with Gasteiger partial charge in [0.05, 0.1) is 5.41 Å². The molecule has 0 radical (unpaired) electrons. The van der Waals surface area contributed by atoms with Crippen LogP contribution in [0.4, 0.5) is 4.39 Å². The minimum Gasteiger partial charge on any atom is -0.485 e. The number of hydrogen-bond donors (Lipinski definition) is 0. The zero-order valence-corrected chi connectivity index (χ0v) is 21.4. The van der Waals surface area contributed by atoms with Crippen molar-refractivity contribution in [3.05, 3.63) is 29.6 Å². The van der Waals surface area contributed by atoms with Crippen molar-refractivity contribution in [2.45, 2.75) is 124 Å². The summed E-state index contributed by atoms with van der Waals surface area (Å²) in [4.78, 5) is 11.8. The van der Waals surface area contributed by atoms with E-state index in [4.69, 9.17) is 9.47 Å². The lowest BCUT2D eigenvalue weighted by Crippen LogP contribution is -2.35. The van der Waals surface area contributed by atoms with E-state index in [0.29, 0.717) is 11.7 Å². The molecule has 3 nitrogen and oxygen atoms in total. The van der Waals surface area contributed by atoms with Gasteiger partial charge in [0.2, 0.25) is 0 Å². The van der Waals surface area contributed by atoms with Crippen molar-refractivity contribution in [3.8, 4) is 5.75 Å². The smallest absolute Gasteiger partial charge is 0.312 e. The van der Waals surface area contributed by atoms with Gasteiger partial charge in [-0.25, -0.2) is 4.39 Å². The molecular weight excluding hydrogens is 391 g/mol. The van der Waals surface area contributed by atoms with Crippen LogP contribution in [0.25, 0.3) is 0 Å². The molecule has 1 aromatic carbocycles. The van der Waals surface area contributed by atoms with Crippen molar-refractivity contribution in [2.75, 3.05) is 0 Å². The van der Waals surface area contributed by atoms with Gasteiger partial charge < -0.3 is 9.47 Å². The number of carbonyl (C=O) groups excluding carboxylic acids is 1. The Morgan fingerprint density at radius 3 is 2.13 bits per heavy atom. The molecule has 1 aromatic rings. The fourth-order valence-electron chi connectivity index (χ4n) is 3.24. The van der Waals surface area contributed by atoms with Crippen LogP contribution in [0.15, 0.2) is 18.2 Å². The minimum atomic E-state index is -0.328. The van der Waals surface area contributed by atoms with Crippen molar-refractivity contribution >= 4 is 5.97 Å². The Balaban J connectivity index is 0.000000316. The topological polar surface area (TPSA) is 35.5 Å². The van der Waals surface area contributed by atoms with Crippen molar-refractivity contribution in [2.24, 2.45) is 5.41 Å². The predicted molar refractivity (Wildman–Crippen MR) is 127 cm³/mol. The van der Waals surface area contributed by atoms with Gasteiger partial charge in [0.1, 0.15) is 11.2 Å². The molecule has 1 aliphatic rings. The quantitative estimate of drug-likeness (QED) is 0.385. The fourth-order valence-corrected chi connectivity index (χ4v) is 3.24. The summed E-state index contributed by atoms with van der Waals surface area (Å²) in [5.74, 6) is 0.440. The number of halogens is 1. The third-order valence-corrected chi connectivity index (χ3v) is 6.81. The third-order valence-electron chi connectivity index (χ3n) is 6.81. The maximum absolute atomic E-state index is 13.9. The molecule has 0 aliphatic heterocycles. The fraction of sp³-hybridized carbons (Fsp3) is 0.741. The Bertz CT molecular complexity index is 702. The first-order valence-electron chi connectivity index (χ1n) is 12.0. The molecule has 0 amide bonds. The summed E-state index contributed by atoms with van der Waals surface area (Å²) in [6, 6.07) is 5.29. The molecule has 0 heterocycles. The zero-order chi connectivity index (χ0) is 23.9. The van der Waals surface area contributed by atoms with Gasteiger partial charge in [0.15, 0.2) is 11.6 Å². The molecule has 2 rings (SSSR count). The number of carbonyl (C=O) groups is 1. The molecule has 1 fully saturated rings. The minimum absolute atomic E-state index is 0.0376. The number of esters is 1. The summed E-state index contributed by atoms with van der Waals surface area (Å²) in [6.45, 7) is 18.2. The van der Waals surface area contributed by atoms with Gasteiger partial charge >= 0.3 is 5.97 Å². The van der Waals surface area contributed by atoms with Crippen molar-refractivity contribution in [3.63, 3.8) is 0 Å². The maximum Gasteiger partial charge on any atom is 0.312 e. The standard InChI is InChI=1S/C15H23FO.C12H22O2/c1-6-11(3)12-8-9-14(13(16)10-12)17-15(4,5)7-2;1-5-11(2,3)10(13)14-12(4)8-6-7-9-12/h8-11H,6-7H2,1-5H3;5-9H2,1-4H3. The Hall–Kier alpha value is -1.58. The van der Waals surface area contributed by atoms with Crippen molar-refractivity contribution < 1.29 is 18.7 Å². The first-order chi connectivity index (χ1) is 14.3. The van der Waals surface area contributed by atoms with Gasteiger partial charge in [-0.2, -0.15) is 0 Å². The number of benzene rings is 1. The Labute approximate surface area is 190 Å². The second-order valence-corrected chi connectivity index (χ2v) is 10.5. The van der Waals surface area contributed by atoms with Gasteiger partial charge in [0, 0.05) is 0 Å². The molecular formula is C27H45FO3. The second-order valence-electron chi connectivity index (χ2n) is 10.5. The SMILES string of the molecule is CCC(C)(C)C(=O)OC1(C)CCCC1.CCC(C)c1ccc(OC(C)(C)CC)c(F)c1. The van der Waals surface area contributed by atoms with Crippen LogP contribution in [-0.2, 0) is 9.53 Å². The summed E-state index contributed by atoms with van der Waals surface area (Å²) < 4.78 is 25.2. The molecule has 0 N–H and O–H groups in total. The van der Waals surface area contributed by atoms with Crippen LogP contribution in [0.5, 0.6) is 5.75 Å². The first-order valence-corrected chi connectivity index (χ1v) is 12.0. The molecule has 1 saturated carbocycles. The van der Waals surface area contributed by atoms with E-state index in [9.17, 15) is 9.18 Å². The molecule has 4 heteroatoms. The summed E-state index contributed by atoms with van der Waals surface area (Å²) >= 11 is 0. The molecule has 178 valence electrons. The van der Waals surface area contributed by atoms with Crippen LogP contribution >= 0.6 is 0 Å². The lowest BCUT2D eigenvalue weighted by molar-refractivity contribution is -0.168. The van der Waals surface area contributed by atoms with E-state index in [1.54, 1.807) is 12.1 Å². The normalized spacial score (nSPS) is 16.8. The Kier molecular flexibility index (Phi) is 10.0. The number of ether oxygens (including phenoxy) is 2. The molecule has 0 aromatic heterocycles. The first kappa shape index (κ1) is 27.5. The average Bonchev–Trinajstić information content (AvgIpc) is 3.15. The molecule has 0 saturated heterocycles. The van der Waals surface area contributed by atoms with Gasteiger partial charge in [-0.1, -0.05) is 33.8 Å². The van der Waals surface area contributed by atoms with E-state index in [-0.39, 0.29) is 28.4 Å². The largest absolute Gasteiger partial charge is 0.485 e. The molecule has 1 unspecified atom stereocenters. The van der Waals surface area contributed by atoms with Crippen LogP contribution in [-0.4, -0.2) is 17.2 Å². The molecule has 0 bridgehead atoms. The van der Waals surface area contributed by atoms with Crippen LogP contribution in [0.2, 0.25) is 0 Å². The zero-order valence-electron chi connectivity index (χ0n) is 21.4. The number of rotatable bonds is 8. The van der Waals surface area contributed by atoms with Crippen LogP contribution in [0, 0.1) is 11.2 Å². The summed E-state index contributed by atoms with van der Waals surface area (Å²) in [7, 11) is 0. The van der Waals surface area contributed by atoms with Crippen LogP contribution < -0.4 is 4.74 Å². The lowest BCUT2D eigenvalue weighted by Gasteiger charge is -2.29. The highest BCUT2D eigenvalue weighted by atomic mass is 19.1. The Morgan fingerprint density at radius 2 is 1.68 bits per heavy atom. The van der Waals surface area contributed by atoms with Crippen molar-refractivity contribution in [1.82, 2.24) is 0 Å². The molecule has 1 atom stereocenters. The highest BCUT2D eigenvalue weighted by molar-refractivity contribution is 5.76. The molecule has 1 aliphatic carbocycles. The maximum atomic E-state index is 13.9. The highest BCUT2D eigenvalue weighted by Crippen LogP contribution is 2.35. The average molecular weight is 437 g/mol. The van der Waals surface area contributed by atoms with E-state index in [1.807, 2.05) is 47.6 Å². The number of hydrogen-bond acceptors (Lipinski definition) is 3. The summed E-state index contributed by atoms with van der Waals surface area (Å²) in [5, 5.41) is 0. The third kappa shape index (κ3) is 8.46. The highest BCUT2D eigenvalue weighted by Gasteiger charge is 2.37. The lowest BCUT2D eigenvalue weighted by atomic mass is 9.90. The summed E-state index contributed by atoms with van der Waals surface area (Å²) in [6.07, 6.45) is 7.13. The van der Waals surface area contributed by atoms with E-state index in [1.165, 1.54) is 12.8 Å². The second kappa shape index (κ2) is 11.3. The van der Waals surface area contributed by atoms with Gasteiger partial charge in [-0.15, -0.1) is 0 Å². The monoisotopic (exact) mass is 436 g/mol. The van der Waals surface area contributed by atoms with Crippen LogP contribution in [0.3, 0.4) is 0 Å². The predicted octanol–water partition coefficient (Wildman–Crippen LogP) is 8.21. The van der Waals surface area contributed by atoms with Crippen LogP contribution in [0.1, 0.15) is 119 Å². The van der Waals surface area contributed by atoms with E-state index < -0.39 is 0 Å². The van der Waals surface area contributed by atoms with Gasteiger partial charge in [-0.05, 0) is 103 Å². The van der Waals surface area contributed by atoms with E-state index >= 15 is 0 Å². The van der Waals surface area contributed by atoms with Crippen molar-refractivity contribution in [1.29, 1.82) is 0 Å². The van der Waals surface area contributed by atoms with Gasteiger partial charge in [0.25, 0.3) is 0 Å². The summed E-state index contributed by atoms with van der Waals surface area (Å²) in [5.41, 5.74) is 0.208. The Morgan fingerprint density at radius 1 is 1.10 bits per heavy atom. The molecule has 0 spiro atoms. The van der Waals surface area contributed by atoms with E-state index in [0.717, 1.165) is 37.7 Å².